The number of nitrogens with zero attached hydrogens (tertiary/aromatic N) is 4. The van der Waals surface area contributed by atoms with Gasteiger partial charge in [0.05, 0.1) is 10.4 Å². The molecule has 2 aliphatic rings. The second kappa shape index (κ2) is 8.13. The van der Waals surface area contributed by atoms with Gasteiger partial charge in [-0.3, -0.25) is 14.5 Å². The SMILES string of the molecule is O=C(c1cc2cc(C(F)(F)F)ccc2s1)N1CC(N2CCN(C(=O)c3nccs3)CC2)C1. The second-order valence-electron chi connectivity index (χ2n) is 7.89. The molecule has 0 aliphatic carbocycles. The Labute approximate surface area is 189 Å². The summed E-state index contributed by atoms with van der Waals surface area (Å²) in [4.78, 5) is 35.6. The van der Waals surface area contributed by atoms with Gasteiger partial charge in [-0.1, -0.05) is 0 Å². The van der Waals surface area contributed by atoms with Gasteiger partial charge in [-0.15, -0.1) is 22.7 Å². The van der Waals surface area contributed by atoms with Crippen molar-refractivity contribution in [2.75, 3.05) is 39.3 Å². The molecule has 2 aromatic heterocycles. The van der Waals surface area contributed by atoms with Crippen LogP contribution in [0.1, 0.15) is 25.0 Å². The number of thiophene rings is 1. The van der Waals surface area contributed by atoms with E-state index in [1.807, 2.05) is 4.90 Å². The maximum atomic E-state index is 12.9. The number of aromatic nitrogens is 1. The monoisotopic (exact) mass is 480 g/mol. The highest BCUT2D eigenvalue weighted by molar-refractivity contribution is 7.20. The average Bonchev–Trinajstić information content (AvgIpc) is 3.41. The molecule has 5 rings (SSSR count). The highest BCUT2D eigenvalue weighted by Gasteiger charge is 2.38. The molecule has 168 valence electrons. The lowest BCUT2D eigenvalue weighted by Gasteiger charge is -2.47. The van der Waals surface area contributed by atoms with Crippen molar-refractivity contribution in [3.8, 4) is 0 Å². The van der Waals surface area contributed by atoms with Gasteiger partial charge in [-0.05, 0) is 29.7 Å². The smallest absolute Gasteiger partial charge is 0.335 e. The van der Waals surface area contributed by atoms with E-state index in [1.165, 1.54) is 28.7 Å². The van der Waals surface area contributed by atoms with Crippen molar-refractivity contribution >= 4 is 44.6 Å². The van der Waals surface area contributed by atoms with E-state index in [-0.39, 0.29) is 17.9 Å². The Morgan fingerprint density at radius 2 is 1.75 bits per heavy atom. The van der Waals surface area contributed by atoms with E-state index >= 15 is 0 Å². The van der Waals surface area contributed by atoms with Crippen molar-refractivity contribution in [1.82, 2.24) is 19.7 Å². The van der Waals surface area contributed by atoms with Crippen molar-refractivity contribution < 1.29 is 22.8 Å². The third-order valence-electron chi connectivity index (χ3n) is 5.94. The van der Waals surface area contributed by atoms with Gasteiger partial charge in [0.1, 0.15) is 0 Å². The minimum Gasteiger partial charge on any atom is -0.335 e. The van der Waals surface area contributed by atoms with E-state index in [0.717, 1.165) is 25.2 Å². The van der Waals surface area contributed by atoms with Gasteiger partial charge in [0.15, 0.2) is 5.01 Å². The van der Waals surface area contributed by atoms with Gasteiger partial charge in [0.25, 0.3) is 11.8 Å². The lowest BCUT2D eigenvalue weighted by atomic mass is 10.1. The first-order valence-electron chi connectivity index (χ1n) is 10.1. The van der Waals surface area contributed by atoms with Crippen LogP contribution >= 0.6 is 22.7 Å². The number of rotatable bonds is 3. The summed E-state index contributed by atoms with van der Waals surface area (Å²) in [6.45, 7) is 3.91. The van der Waals surface area contributed by atoms with Gasteiger partial charge in [-0.25, -0.2) is 4.98 Å². The molecule has 32 heavy (non-hydrogen) atoms. The average molecular weight is 481 g/mol. The van der Waals surface area contributed by atoms with Crippen molar-refractivity contribution in [1.29, 1.82) is 0 Å². The van der Waals surface area contributed by atoms with Crippen molar-refractivity contribution in [3.05, 3.63) is 51.3 Å². The fourth-order valence-electron chi connectivity index (χ4n) is 4.09. The number of halogens is 3. The Hall–Kier alpha value is -2.50. The van der Waals surface area contributed by atoms with E-state index in [9.17, 15) is 22.8 Å². The number of alkyl halides is 3. The molecule has 2 saturated heterocycles. The first-order valence-corrected chi connectivity index (χ1v) is 11.8. The number of fused-ring (bicyclic) bond motifs is 1. The molecule has 0 bridgehead atoms. The number of piperazine rings is 1. The van der Waals surface area contributed by atoms with Crippen LogP contribution in [-0.4, -0.2) is 76.8 Å². The molecule has 2 amide bonds. The lowest BCUT2D eigenvalue weighted by molar-refractivity contribution is -0.137. The van der Waals surface area contributed by atoms with Crippen LogP contribution in [0.15, 0.2) is 35.8 Å². The molecule has 0 unspecified atom stereocenters. The number of likely N-dealkylation sites (tertiary alicyclic amines) is 1. The van der Waals surface area contributed by atoms with E-state index < -0.39 is 11.7 Å². The maximum Gasteiger partial charge on any atom is 0.416 e. The molecule has 0 N–H and O–H groups in total. The summed E-state index contributed by atoms with van der Waals surface area (Å²) in [7, 11) is 0. The first-order chi connectivity index (χ1) is 15.3. The molecule has 2 fully saturated rings. The Kier molecular flexibility index (Phi) is 5.42. The molecule has 0 atom stereocenters. The summed E-state index contributed by atoms with van der Waals surface area (Å²) in [5, 5.41) is 2.73. The summed E-state index contributed by atoms with van der Waals surface area (Å²) in [5.41, 5.74) is -0.710. The van der Waals surface area contributed by atoms with Crippen LogP contribution in [0.2, 0.25) is 0 Å². The third-order valence-corrected chi connectivity index (χ3v) is 7.80. The number of carbonyl (C=O) groups excluding carboxylic acids is 2. The normalized spacial score (nSPS) is 18.2. The van der Waals surface area contributed by atoms with E-state index in [4.69, 9.17) is 0 Å². The Morgan fingerprint density at radius 3 is 2.41 bits per heavy atom. The van der Waals surface area contributed by atoms with Gasteiger partial charge >= 0.3 is 6.18 Å². The Morgan fingerprint density at radius 1 is 1.00 bits per heavy atom. The van der Waals surface area contributed by atoms with Gasteiger partial charge in [0, 0.05) is 61.6 Å². The Bertz CT molecular complexity index is 1150. The summed E-state index contributed by atoms with van der Waals surface area (Å²) in [6.07, 6.45) is -2.78. The van der Waals surface area contributed by atoms with Crippen molar-refractivity contribution in [2.24, 2.45) is 0 Å². The second-order valence-corrected chi connectivity index (χ2v) is 9.87. The van der Waals surface area contributed by atoms with Crippen LogP contribution < -0.4 is 0 Å². The molecule has 0 radical (unpaired) electrons. The zero-order valence-electron chi connectivity index (χ0n) is 16.8. The van der Waals surface area contributed by atoms with Gasteiger partial charge in [0.2, 0.25) is 0 Å². The number of benzene rings is 1. The van der Waals surface area contributed by atoms with Gasteiger partial charge in [-0.2, -0.15) is 13.2 Å². The fourth-order valence-corrected chi connectivity index (χ4v) is 5.70. The molecular weight excluding hydrogens is 461 g/mol. The van der Waals surface area contributed by atoms with Crippen LogP contribution in [0.5, 0.6) is 0 Å². The van der Waals surface area contributed by atoms with E-state index in [2.05, 4.69) is 9.88 Å². The van der Waals surface area contributed by atoms with Crippen LogP contribution in [0.4, 0.5) is 13.2 Å². The molecule has 0 saturated carbocycles. The summed E-state index contributed by atoms with van der Waals surface area (Å²) >= 11 is 2.56. The highest BCUT2D eigenvalue weighted by atomic mass is 32.1. The predicted molar refractivity (Wildman–Crippen MR) is 116 cm³/mol. The van der Waals surface area contributed by atoms with Crippen LogP contribution in [0.25, 0.3) is 10.1 Å². The van der Waals surface area contributed by atoms with Gasteiger partial charge < -0.3 is 9.80 Å². The first kappa shape index (κ1) is 21.4. The minimum absolute atomic E-state index is 0.0384. The number of thiazole rings is 1. The molecule has 6 nitrogen and oxygen atoms in total. The number of amides is 2. The zero-order chi connectivity index (χ0) is 22.5. The number of hydrogen-bond acceptors (Lipinski definition) is 6. The third kappa shape index (κ3) is 4.00. The van der Waals surface area contributed by atoms with E-state index in [1.54, 1.807) is 22.5 Å². The standard InChI is InChI=1S/C21H19F3N4O2S2/c22-21(23,24)14-1-2-16-13(9-14)10-17(32-16)19(29)28-11-15(12-28)26-4-6-27(7-5-26)20(30)18-25-3-8-31-18/h1-3,8-10,15H,4-7,11-12H2. The number of hydrogen-bond donors (Lipinski definition) is 0. The largest absolute Gasteiger partial charge is 0.416 e. The van der Waals surface area contributed by atoms with Crippen molar-refractivity contribution in [2.45, 2.75) is 12.2 Å². The topological polar surface area (TPSA) is 56.8 Å². The van der Waals surface area contributed by atoms with Crippen LogP contribution in [-0.2, 0) is 6.18 Å². The minimum atomic E-state index is -4.40. The van der Waals surface area contributed by atoms with E-state index in [0.29, 0.717) is 46.1 Å². The predicted octanol–water partition coefficient (Wildman–Crippen LogP) is 3.66. The lowest BCUT2D eigenvalue weighted by Crippen LogP contribution is -2.64. The molecule has 2 aliphatic heterocycles. The highest BCUT2D eigenvalue weighted by Crippen LogP contribution is 2.35. The molecular formula is C21H19F3N4O2S2. The van der Waals surface area contributed by atoms with Crippen molar-refractivity contribution in [3.63, 3.8) is 0 Å². The Balaban J connectivity index is 1.16. The number of carbonyl (C=O) groups is 2. The molecule has 1 aromatic carbocycles. The molecule has 11 heteroatoms. The summed E-state index contributed by atoms with van der Waals surface area (Å²) in [6, 6.07) is 5.35. The molecule has 3 aromatic rings. The zero-order valence-corrected chi connectivity index (χ0v) is 18.5. The van der Waals surface area contributed by atoms with Crippen LogP contribution in [0, 0.1) is 0 Å². The summed E-state index contributed by atoms with van der Waals surface area (Å²) < 4.78 is 39.5. The summed E-state index contributed by atoms with van der Waals surface area (Å²) in [5.74, 6) is -0.183. The fraction of sp³-hybridized carbons (Fsp3) is 0.381. The van der Waals surface area contributed by atoms with Crippen LogP contribution in [0.3, 0.4) is 0 Å². The molecule has 0 spiro atoms. The molecule has 4 heterocycles. The maximum absolute atomic E-state index is 12.9. The quantitative estimate of drug-likeness (QED) is 0.574.